The molecule has 1 saturated heterocycles. The van der Waals surface area contributed by atoms with Crippen LogP contribution in [0.4, 0.5) is 5.69 Å². The van der Waals surface area contributed by atoms with Gasteiger partial charge in [-0.1, -0.05) is 18.2 Å². The van der Waals surface area contributed by atoms with Crippen molar-refractivity contribution in [3.63, 3.8) is 0 Å². The highest BCUT2D eigenvalue weighted by Gasteiger charge is 2.54. The van der Waals surface area contributed by atoms with E-state index in [1.54, 1.807) is 7.11 Å². The number of ether oxygens (including phenoxy) is 1. The van der Waals surface area contributed by atoms with E-state index in [1.807, 2.05) is 31.2 Å². The third-order valence-corrected chi connectivity index (χ3v) is 4.32. The van der Waals surface area contributed by atoms with Gasteiger partial charge >= 0.3 is 0 Å². The molecule has 4 heteroatoms. The van der Waals surface area contributed by atoms with Crippen molar-refractivity contribution in [3.8, 4) is 0 Å². The summed E-state index contributed by atoms with van der Waals surface area (Å²) in [6.07, 6.45) is 0. The van der Waals surface area contributed by atoms with Crippen LogP contribution in [0.1, 0.15) is 19.4 Å². The van der Waals surface area contributed by atoms with E-state index in [9.17, 15) is 4.79 Å². The zero-order valence-electron chi connectivity index (χ0n) is 11.0. The minimum Gasteiger partial charge on any atom is -0.376 e. The average Bonchev–Trinajstić information content (AvgIpc) is 2.59. The highest BCUT2D eigenvalue weighted by Crippen LogP contribution is 2.44. The molecule has 0 aromatic heterocycles. The molecule has 18 heavy (non-hydrogen) atoms. The molecule has 0 bridgehead atoms. The topological polar surface area (TPSA) is 41.6 Å². The Kier molecular flexibility index (Phi) is 2.31. The van der Waals surface area contributed by atoms with Gasteiger partial charge in [-0.05, 0) is 19.9 Å². The van der Waals surface area contributed by atoms with E-state index in [2.05, 4.69) is 17.1 Å². The van der Waals surface area contributed by atoms with E-state index in [4.69, 9.17) is 4.74 Å². The van der Waals surface area contributed by atoms with Crippen LogP contribution in [0.5, 0.6) is 0 Å². The number of carbonyl (C=O) groups excluding carboxylic acids is 1. The SMILES string of the molecule is COC1(C)CN(C2(C)C(=O)Nc3ccccc32)C1. The number of para-hydroxylation sites is 1. The van der Waals surface area contributed by atoms with E-state index >= 15 is 0 Å². The Morgan fingerprint density at radius 3 is 2.61 bits per heavy atom. The Labute approximate surface area is 107 Å². The molecule has 4 nitrogen and oxygen atoms in total. The molecule has 1 fully saturated rings. The predicted molar refractivity (Wildman–Crippen MR) is 69.4 cm³/mol. The molecule has 1 aromatic carbocycles. The highest BCUT2D eigenvalue weighted by molar-refractivity contribution is 6.05. The fourth-order valence-electron chi connectivity index (χ4n) is 2.90. The molecule has 1 aromatic rings. The molecule has 0 aliphatic carbocycles. The normalized spacial score (nSPS) is 29.6. The summed E-state index contributed by atoms with van der Waals surface area (Å²) in [5.74, 6) is 0.0573. The minimum atomic E-state index is -0.561. The van der Waals surface area contributed by atoms with E-state index in [0.29, 0.717) is 0 Å². The molecule has 2 aliphatic heterocycles. The van der Waals surface area contributed by atoms with Gasteiger partial charge in [0.2, 0.25) is 5.91 Å². The summed E-state index contributed by atoms with van der Waals surface area (Å²) in [5, 5.41) is 2.96. The molecule has 1 unspecified atom stereocenters. The van der Waals surface area contributed by atoms with E-state index in [1.165, 1.54) is 0 Å². The molecular weight excluding hydrogens is 228 g/mol. The molecule has 2 heterocycles. The van der Waals surface area contributed by atoms with E-state index in [0.717, 1.165) is 24.3 Å². The number of amides is 1. The molecule has 0 spiro atoms. The zero-order chi connectivity index (χ0) is 13.0. The Balaban J connectivity index is 1.94. The lowest BCUT2D eigenvalue weighted by atomic mass is 9.84. The van der Waals surface area contributed by atoms with Crippen LogP contribution in [0, 0.1) is 0 Å². The van der Waals surface area contributed by atoms with Crippen molar-refractivity contribution in [2.75, 3.05) is 25.5 Å². The smallest absolute Gasteiger partial charge is 0.249 e. The molecule has 0 saturated carbocycles. The van der Waals surface area contributed by atoms with Crippen molar-refractivity contribution in [3.05, 3.63) is 29.8 Å². The molecule has 3 rings (SSSR count). The van der Waals surface area contributed by atoms with Gasteiger partial charge in [-0.25, -0.2) is 0 Å². The van der Waals surface area contributed by atoms with Crippen LogP contribution in [0.25, 0.3) is 0 Å². The van der Waals surface area contributed by atoms with Crippen molar-refractivity contribution in [2.45, 2.75) is 25.0 Å². The maximum atomic E-state index is 12.3. The number of hydrogen-bond acceptors (Lipinski definition) is 3. The number of anilines is 1. The number of nitrogens with one attached hydrogen (secondary N) is 1. The molecule has 96 valence electrons. The largest absolute Gasteiger partial charge is 0.376 e. The van der Waals surface area contributed by atoms with Crippen LogP contribution in [0.2, 0.25) is 0 Å². The Hall–Kier alpha value is -1.39. The third-order valence-electron chi connectivity index (χ3n) is 4.32. The van der Waals surface area contributed by atoms with E-state index < -0.39 is 5.54 Å². The lowest BCUT2D eigenvalue weighted by molar-refractivity contribution is -0.160. The first-order valence-corrected chi connectivity index (χ1v) is 6.21. The summed E-state index contributed by atoms with van der Waals surface area (Å²) >= 11 is 0. The summed E-state index contributed by atoms with van der Waals surface area (Å²) in [7, 11) is 1.72. The minimum absolute atomic E-state index is 0.0573. The lowest BCUT2D eigenvalue weighted by Gasteiger charge is -2.53. The Morgan fingerprint density at radius 2 is 1.94 bits per heavy atom. The maximum Gasteiger partial charge on any atom is 0.249 e. The van der Waals surface area contributed by atoms with Gasteiger partial charge in [0.25, 0.3) is 0 Å². The number of carbonyl (C=O) groups is 1. The standard InChI is InChI=1S/C14H18N2O2/c1-13(18-3)8-16(9-13)14(2)10-6-4-5-7-11(10)15-12(14)17/h4-7H,8-9H2,1-3H3,(H,15,17). The maximum absolute atomic E-state index is 12.3. The first-order chi connectivity index (χ1) is 8.49. The van der Waals surface area contributed by atoms with Gasteiger partial charge in [0.1, 0.15) is 5.54 Å². The van der Waals surface area contributed by atoms with Crippen LogP contribution in [-0.4, -0.2) is 36.6 Å². The fraction of sp³-hybridized carbons (Fsp3) is 0.500. The van der Waals surface area contributed by atoms with Crippen LogP contribution >= 0.6 is 0 Å². The van der Waals surface area contributed by atoms with Gasteiger partial charge < -0.3 is 10.1 Å². The number of benzene rings is 1. The quantitative estimate of drug-likeness (QED) is 0.861. The molecule has 1 amide bonds. The average molecular weight is 246 g/mol. The van der Waals surface area contributed by atoms with Crippen LogP contribution in [0.15, 0.2) is 24.3 Å². The van der Waals surface area contributed by atoms with E-state index in [-0.39, 0.29) is 11.5 Å². The first-order valence-electron chi connectivity index (χ1n) is 6.21. The van der Waals surface area contributed by atoms with Crippen molar-refractivity contribution in [1.82, 2.24) is 4.90 Å². The second-order valence-corrected chi connectivity index (χ2v) is 5.58. The Bertz CT molecular complexity index is 508. The van der Waals surface area contributed by atoms with Gasteiger partial charge in [0.05, 0.1) is 5.60 Å². The molecule has 0 radical (unpaired) electrons. The van der Waals surface area contributed by atoms with Gasteiger partial charge in [0, 0.05) is 31.5 Å². The number of nitrogens with zero attached hydrogens (tertiary/aromatic N) is 1. The van der Waals surface area contributed by atoms with Crippen molar-refractivity contribution in [2.24, 2.45) is 0 Å². The first kappa shape index (κ1) is 11.7. The number of methoxy groups -OCH3 is 1. The predicted octanol–water partition coefficient (Wildman–Crippen LogP) is 1.57. The molecule has 1 N–H and O–H groups in total. The second-order valence-electron chi connectivity index (χ2n) is 5.58. The van der Waals surface area contributed by atoms with Crippen LogP contribution in [-0.2, 0) is 15.1 Å². The summed E-state index contributed by atoms with van der Waals surface area (Å²) in [6.45, 7) is 5.62. The molecular formula is C14H18N2O2. The second kappa shape index (κ2) is 3.56. The number of likely N-dealkylation sites (tertiary alicyclic amines) is 1. The van der Waals surface area contributed by atoms with Crippen LogP contribution in [0.3, 0.4) is 0 Å². The molecule has 2 aliphatic rings. The van der Waals surface area contributed by atoms with Crippen molar-refractivity contribution in [1.29, 1.82) is 0 Å². The van der Waals surface area contributed by atoms with Crippen molar-refractivity contribution >= 4 is 11.6 Å². The summed E-state index contributed by atoms with van der Waals surface area (Å²) in [5.41, 5.74) is 1.30. The van der Waals surface area contributed by atoms with Crippen LogP contribution < -0.4 is 5.32 Å². The number of fused-ring (bicyclic) bond motifs is 1. The van der Waals surface area contributed by atoms with Gasteiger partial charge in [-0.2, -0.15) is 0 Å². The summed E-state index contributed by atoms with van der Waals surface area (Å²) in [4.78, 5) is 14.5. The van der Waals surface area contributed by atoms with Gasteiger partial charge in [0.15, 0.2) is 0 Å². The number of rotatable bonds is 2. The summed E-state index contributed by atoms with van der Waals surface area (Å²) in [6, 6.07) is 7.90. The number of hydrogen-bond donors (Lipinski definition) is 1. The van der Waals surface area contributed by atoms with Crippen molar-refractivity contribution < 1.29 is 9.53 Å². The molecule has 1 atom stereocenters. The summed E-state index contributed by atoms with van der Waals surface area (Å²) < 4.78 is 5.46. The third kappa shape index (κ3) is 1.36. The monoisotopic (exact) mass is 246 g/mol. The Morgan fingerprint density at radius 1 is 1.28 bits per heavy atom. The van der Waals surface area contributed by atoms with Gasteiger partial charge in [-0.15, -0.1) is 0 Å². The zero-order valence-corrected chi connectivity index (χ0v) is 11.0. The lowest BCUT2D eigenvalue weighted by Crippen LogP contribution is -2.68. The highest BCUT2D eigenvalue weighted by atomic mass is 16.5. The fourth-order valence-corrected chi connectivity index (χ4v) is 2.90. The van der Waals surface area contributed by atoms with Gasteiger partial charge in [-0.3, -0.25) is 9.69 Å².